The topological polar surface area (TPSA) is 105 Å². The zero-order chi connectivity index (χ0) is 7.72. The van der Waals surface area contributed by atoms with Crippen molar-refractivity contribution in [2.45, 2.75) is 0 Å². The van der Waals surface area contributed by atoms with Gasteiger partial charge >= 0.3 is 11.9 Å². The summed E-state index contributed by atoms with van der Waals surface area (Å²) in [5.41, 5.74) is 4.43. The van der Waals surface area contributed by atoms with E-state index in [0.29, 0.717) is 0 Å². The molecule has 0 aromatic carbocycles. The zero-order valence-corrected chi connectivity index (χ0v) is 4.74. The van der Waals surface area contributed by atoms with E-state index >= 15 is 0 Å². The number of carboxylic acids is 1. The fourth-order valence-corrected chi connectivity index (χ4v) is 0.510. The third-order valence-corrected chi connectivity index (χ3v) is 0.932. The van der Waals surface area contributed by atoms with Gasteiger partial charge in [-0.15, -0.1) is 10.2 Å². The molecule has 1 heterocycles. The number of carboxylic acid groups (broad SMARTS) is 1. The molecule has 0 saturated heterocycles. The molecule has 3 N–H and O–H groups in total. The van der Waals surface area contributed by atoms with Crippen LogP contribution in [0, 0.1) is 0 Å². The molecule has 0 saturated carbocycles. The quantitative estimate of drug-likeness (QED) is 0.468. The van der Waals surface area contributed by atoms with Crippen molar-refractivity contribution in [1.82, 2.24) is 0 Å². The number of rotatable bonds is 1. The first-order chi connectivity index (χ1) is 4.63. The van der Waals surface area contributed by atoms with Gasteiger partial charge in [0, 0.05) is 0 Å². The zero-order valence-electron chi connectivity index (χ0n) is 4.74. The predicted octanol–water partition coefficient (Wildman–Crippen LogP) is -0.766. The van der Waals surface area contributed by atoms with Crippen molar-refractivity contribution in [3.8, 4) is 0 Å². The van der Waals surface area contributed by atoms with Crippen LogP contribution in [0.5, 0.6) is 0 Å². The van der Waals surface area contributed by atoms with Crippen LogP contribution in [0.1, 0.15) is 0 Å². The Hall–Kier alpha value is -1.72. The number of carbonyl (C=O) groups excluding carboxylic acids is 1. The fraction of sp³-hybridized carbons (Fsp3) is 0. The molecular formula is C4H3N3O3. The maximum absolute atomic E-state index is 10.4. The number of amides is 1. The minimum atomic E-state index is -1.40. The lowest BCUT2D eigenvalue weighted by atomic mass is 10.3. The molecule has 0 atom stereocenters. The molecule has 1 aliphatic heterocycles. The van der Waals surface area contributed by atoms with E-state index in [4.69, 9.17) is 10.8 Å². The van der Waals surface area contributed by atoms with E-state index in [2.05, 4.69) is 10.2 Å². The number of carbonyl (C=O) groups is 2. The molecule has 0 fully saturated rings. The fourth-order valence-electron chi connectivity index (χ4n) is 0.510. The van der Waals surface area contributed by atoms with Crippen LogP contribution in [0.15, 0.2) is 21.6 Å². The predicted molar refractivity (Wildman–Crippen MR) is 28.7 cm³/mol. The van der Waals surface area contributed by atoms with Gasteiger partial charge in [0.05, 0.1) is 0 Å². The SMILES string of the molecule is NC1=C(C(=O)O)C(=O)N=N1. The van der Waals surface area contributed by atoms with Crippen molar-refractivity contribution >= 4 is 11.9 Å². The van der Waals surface area contributed by atoms with Gasteiger partial charge in [-0.2, -0.15) is 0 Å². The van der Waals surface area contributed by atoms with Crippen LogP contribution < -0.4 is 5.73 Å². The van der Waals surface area contributed by atoms with Crippen LogP contribution in [-0.4, -0.2) is 17.0 Å². The summed E-state index contributed by atoms with van der Waals surface area (Å²) in [6.07, 6.45) is 0. The molecular weight excluding hydrogens is 138 g/mol. The van der Waals surface area contributed by atoms with E-state index in [0.717, 1.165) is 0 Å². The molecule has 52 valence electrons. The third-order valence-electron chi connectivity index (χ3n) is 0.932. The second-order valence-corrected chi connectivity index (χ2v) is 1.57. The van der Waals surface area contributed by atoms with Crippen molar-refractivity contribution < 1.29 is 14.7 Å². The standard InChI is InChI=1S/C4H3N3O3/c5-2-1(4(9)10)3(8)7-6-2/h5H2,(H,9,10). The lowest BCUT2D eigenvalue weighted by molar-refractivity contribution is -0.134. The maximum Gasteiger partial charge on any atom is 0.345 e. The van der Waals surface area contributed by atoms with E-state index in [9.17, 15) is 9.59 Å². The summed E-state index contributed by atoms with van der Waals surface area (Å²) in [4.78, 5) is 20.6. The average Bonchev–Trinajstić information content (AvgIpc) is 2.11. The second-order valence-electron chi connectivity index (χ2n) is 1.57. The highest BCUT2D eigenvalue weighted by Gasteiger charge is 2.25. The van der Waals surface area contributed by atoms with E-state index in [1.54, 1.807) is 0 Å². The highest BCUT2D eigenvalue weighted by Crippen LogP contribution is 2.11. The molecule has 0 spiro atoms. The second kappa shape index (κ2) is 1.90. The number of azo groups is 1. The largest absolute Gasteiger partial charge is 0.477 e. The monoisotopic (exact) mass is 141 g/mol. The normalized spacial score (nSPS) is 16.6. The van der Waals surface area contributed by atoms with Crippen molar-refractivity contribution in [3.05, 3.63) is 11.4 Å². The summed E-state index contributed by atoms with van der Waals surface area (Å²) in [6.45, 7) is 0. The molecule has 1 aliphatic rings. The molecule has 0 radical (unpaired) electrons. The van der Waals surface area contributed by atoms with Crippen LogP contribution in [-0.2, 0) is 9.59 Å². The minimum Gasteiger partial charge on any atom is -0.477 e. The molecule has 0 bridgehead atoms. The summed E-state index contributed by atoms with van der Waals surface area (Å²) in [5, 5.41) is 14.3. The van der Waals surface area contributed by atoms with E-state index in [-0.39, 0.29) is 5.82 Å². The lowest BCUT2D eigenvalue weighted by Crippen LogP contribution is -2.11. The number of hydrogen-bond donors (Lipinski definition) is 2. The Morgan fingerprint density at radius 2 is 2.10 bits per heavy atom. The first-order valence-corrected chi connectivity index (χ1v) is 2.32. The van der Waals surface area contributed by atoms with Gasteiger partial charge in [-0.1, -0.05) is 0 Å². The Balaban J connectivity index is 3.08. The molecule has 1 rings (SSSR count). The van der Waals surface area contributed by atoms with Gasteiger partial charge in [-0.3, -0.25) is 4.79 Å². The van der Waals surface area contributed by atoms with Gasteiger partial charge in [0.15, 0.2) is 11.4 Å². The number of aliphatic carboxylic acids is 1. The van der Waals surface area contributed by atoms with Gasteiger partial charge in [0.2, 0.25) is 0 Å². The summed E-state index contributed by atoms with van der Waals surface area (Å²) >= 11 is 0. The Kier molecular flexibility index (Phi) is 1.22. The number of nitrogens with zero attached hydrogens (tertiary/aromatic N) is 2. The van der Waals surface area contributed by atoms with Crippen LogP contribution in [0.3, 0.4) is 0 Å². The average molecular weight is 141 g/mol. The molecule has 10 heavy (non-hydrogen) atoms. The van der Waals surface area contributed by atoms with Crippen LogP contribution in [0.2, 0.25) is 0 Å². The highest BCUT2D eigenvalue weighted by atomic mass is 16.4. The molecule has 0 aromatic heterocycles. The summed E-state index contributed by atoms with van der Waals surface area (Å²) in [5.74, 6) is -2.63. The number of nitrogens with two attached hydrogens (primary N) is 1. The molecule has 0 unspecified atom stereocenters. The Morgan fingerprint density at radius 1 is 1.50 bits per heavy atom. The van der Waals surface area contributed by atoms with Gasteiger partial charge in [0.25, 0.3) is 0 Å². The van der Waals surface area contributed by atoms with Gasteiger partial charge in [-0.25, -0.2) is 4.79 Å². The van der Waals surface area contributed by atoms with E-state index < -0.39 is 17.4 Å². The maximum atomic E-state index is 10.4. The first kappa shape index (κ1) is 6.40. The summed E-state index contributed by atoms with van der Waals surface area (Å²) in [7, 11) is 0. The van der Waals surface area contributed by atoms with Gasteiger partial charge in [-0.05, 0) is 0 Å². The summed E-state index contributed by atoms with van der Waals surface area (Å²) < 4.78 is 0. The molecule has 0 aromatic rings. The Morgan fingerprint density at radius 3 is 2.30 bits per heavy atom. The third kappa shape index (κ3) is 0.750. The van der Waals surface area contributed by atoms with Crippen molar-refractivity contribution in [2.24, 2.45) is 16.0 Å². The van der Waals surface area contributed by atoms with E-state index in [1.165, 1.54) is 0 Å². The van der Waals surface area contributed by atoms with Crippen LogP contribution >= 0.6 is 0 Å². The Bertz CT molecular complexity index is 265. The lowest BCUT2D eigenvalue weighted by Gasteiger charge is -1.87. The van der Waals surface area contributed by atoms with Crippen LogP contribution in [0.25, 0.3) is 0 Å². The smallest absolute Gasteiger partial charge is 0.345 e. The van der Waals surface area contributed by atoms with Crippen molar-refractivity contribution in [2.75, 3.05) is 0 Å². The Labute approximate surface area is 55.0 Å². The van der Waals surface area contributed by atoms with Crippen molar-refractivity contribution in [1.29, 1.82) is 0 Å². The van der Waals surface area contributed by atoms with Gasteiger partial charge < -0.3 is 10.8 Å². The molecule has 0 aliphatic carbocycles. The first-order valence-electron chi connectivity index (χ1n) is 2.32. The molecule has 1 amide bonds. The molecule has 6 nitrogen and oxygen atoms in total. The summed E-state index contributed by atoms with van der Waals surface area (Å²) in [6, 6.07) is 0. The van der Waals surface area contributed by atoms with Crippen LogP contribution in [0.4, 0.5) is 0 Å². The van der Waals surface area contributed by atoms with E-state index in [1.807, 2.05) is 0 Å². The number of hydrogen-bond acceptors (Lipinski definition) is 4. The molecule has 6 heteroatoms. The minimum absolute atomic E-state index is 0.336. The van der Waals surface area contributed by atoms with Crippen molar-refractivity contribution in [3.63, 3.8) is 0 Å². The highest BCUT2D eigenvalue weighted by molar-refractivity contribution is 6.17. The van der Waals surface area contributed by atoms with Gasteiger partial charge in [0.1, 0.15) is 0 Å².